The summed E-state index contributed by atoms with van der Waals surface area (Å²) in [6.45, 7) is 7.35. The molecule has 1 aliphatic rings. The first-order valence-electron chi connectivity index (χ1n) is 8.34. The number of imide groups is 1. The number of ketones is 1. The van der Waals surface area contributed by atoms with E-state index >= 15 is 0 Å². The van der Waals surface area contributed by atoms with Gasteiger partial charge in [-0.25, -0.2) is 9.69 Å². The van der Waals surface area contributed by atoms with Crippen molar-refractivity contribution in [2.75, 3.05) is 6.54 Å². The minimum absolute atomic E-state index is 0.139. The minimum Gasteiger partial charge on any atom is -0.443 e. The van der Waals surface area contributed by atoms with Gasteiger partial charge in [-0.15, -0.1) is 0 Å². The fourth-order valence-corrected chi connectivity index (χ4v) is 2.85. The number of rotatable bonds is 3. The van der Waals surface area contributed by atoms with Crippen molar-refractivity contribution in [1.82, 2.24) is 4.90 Å². The van der Waals surface area contributed by atoms with Crippen LogP contribution in [-0.2, 0) is 14.3 Å². The van der Waals surface area contributed by atoms with E-state index in [-0.39, 0.29) is 11.7 Å². The number of hydrogen-bond acceptors (Lipinski definition) is 4. The summed E-state index contributed by atoms with van der Waals surface area (Å²) in [4.78, 5) is 38.7. The predicted octanol–water partition coefficient (Wildman–Crippen LogP) is 3.53. The van der Waals surface area contributed by atoms with E-state index in [4.69, 9.17) is 4.74 Å². The Balaban J connectivity index is 2.12. The number of carbonyl (C=O) groups is 3. The van der Waals surface area contributed by atoms with Gasteiger partial charge in [0.25, 0.3) is 0 Å². The molecule has 0 aliphatic carbocycles. The van der Waals surface area contributed by atoms with Crippen molar-refractivity contribution in [3.63, 3.8) is 0 Å². The molecule has 0 saturated carbocycles. The number of benzene rings is 1. The quantitative estimate of drug-likeness (QED) is 0.795. The highest BCUT2D eigenvalue weighted by Crippen LogP contribution is 2.27. The van der Waals surface area contributed by atoms with Gasteiger partial charge >= 0.3 is 6.09 Å². The summed E-state index contributed by atoms with van der Waals surface area (Å²) in [5.74, 6) is -1.73. The first-order valence-corrected chi connectivity index (χ1v) is 8.34. The molecule has 1 aromatic carbocycles. The van der Waals surface area contributed by atoms with Crippen LogP contribution >= 0.6 is 0 Å². The van der Waals surface area contributed by atoms with Gasteiger partial charge in [-0.2, -0.15) is 0 Å². The molecule has 1 aromatic rings. The maximum absolute atomic E-state index is 12.8. The summed E-state index contributed by atoms with van der Waals surface area (Å²) in [6.07, 6.45) is 0.425. The van der Waals surface area contributed by atoms with E-state index in [1.54, 1.807) is 27.7 Å². The molecule has 0 spiro atoms. The number of piperidine rings is 1. The Kier molecular flexibility index (Phi) is 5.42. The molecular formula is C19H25NO4. The largest absolute Gasteiger partial charge is 0.443 e. The van der Waals surface area contributed by atoms with Gasteiger partial charge in [-0.3, -0.25) is 9.59 Å². The van der Waals surface area contributed by atoms with Gasteiger partial charge in [-0.05, 0) is 39.2 Å². The standard InChI is InChI=1S/C19H25NO4/c1-13(14-9-6-5-7-10-14)16(21)15-11-8-12-20(17(15)22)18(23)24-19(2,3)4/h5-7,9-10,13,15H,8,11-12H2,1-4H3. The summed E-state index contributed by atoms with van der Waals surface area (Å²) in [5, 5.41) is 0. The van der Waals surface area contributed by atoms with Crippen LogP contribution in [0.15, 0.2) is 30.3 Å². The zero-order valence-electron chi connectivity index (χ0n) is 14.7. The number of carbonyl (C=O) groups excluding carboxylic acids is 3. The Hall–Kier alpha value is -2.17. The molecule has 0 aromatic heterocycles. The van der Waals surface area contributed by atoms with Crippen molar-refractivity contribution in [3.8, 4) is 0 Å². The number of nitrogens with zero attached hydrogens (tertiary/aromatic N) is 1. The molecule has 0 radical (unpaired) electrons. The van der Waals surface area contributed by atoms with Crippen molar-refractivity contribution < 1.29 is 19.1 Å². The summed E-state index contributed by atoms with van der Waals surface area (Å²) >= 11 is 0. The molecule has 2 amide bonds. The van der Waals surface area contributed by atoms with Crippen molar-refractivity contribution in [2.24, 2.45) is 5.92 Å². The zero-order valence-corrected chi connectivity index (χ0v) is 14.7. The molecule has 2 unspecified atom stereocenters. The number of hydrogen-bond donors (Lipinski definition) is 0. The van der Waals surface area contributed by atoms with E-state index in [9.17, 15) is 14.4 Å². The molecule has 0 N–H and O–H groups in total. The van der Waals surface area contributed by atoms with Crippen LogP contribution in [0.3, 0.4) is 0 Å². The highest BCUT2D eigenvalue weighted by Gasteiger charge is 2.40. The van der Waals surface area contributed by atoms with Gasteiger partial charge in [0.1, 0.15) is 5.60 Å². The lowest BCUT2D eigenvalue weighted by molar-refractivity contribution is -0.143. The monoisotopic (exact) mass is 331 g/mol. The van der Waals surface area contributed by atoms with E-state index in [0.29, 0.717) is 19.4 Å². The second-order valence-corrected chi connectivity index (χ2v) is 7.20. The molecule has 0 bridgehead atoms. The lowest BCUT2D eigenvalue weighted by Gasteiger charge is -2.32. The van der Waals surface area contributed by atoms with E-state index in [1.165, 1.54) is 0 Å². The Labute approximate surface area is 143 Å². The molecule has 5 heteroatoms. The van der Waals surface area contributed by atoms with Gasteiger partial charge in [0.2, 0.25) is 5.91 Å². The van der Waals surface area contributed by atoms with Crippen LogP contribution in [0.2, 0.25) is 0 Å². The third-order valence-corrected chi connectivity index (χ3v) is 4.12. The smallest absolute Gasteiger partial charge is 0.417 e. The van der Waals surface area contributed by atoms with E-state index in [0.717, 1.165) is 10.5 Å². The van der Waals surface area contributed by atoms with Crippen LogP contribution in [0.1, 0.15) is 52.0 Å². The topological polar surface area (TPSA) is 63.7 Å². The minimum atomic E-state index is -0.776. The second-order valence-electron chi connectivity index (χ2n) is 7.20. The van der Waals surface area contributed by atoms with Crippen molar-refractivity contribution in [2.45, 2.75) is 52.1 Å². The summed E-state index contributed by atoms with van der Waals surface area (Å²) in [7, 11) is 0. The van der Waals surface area contributed by atoms with E-state index < -0.39 is 23.5 Å². The fraction of sp³-hybridized carbons (Fsp3) is 0.526. The molecule has 2 atom stereocenters. The second kappa shape index (κ2) is 7.16. The van der Waals surface area contributed by atoms with Crippen LogP contribution in [-0.4, -0.2) is 34.8 Å². The number of ether oxygens (including phenoxy) is 1. The van der Waals surface area contributed by atoms with Crippen molar-refractivity contribution in [1.29, 1.82) is 0 Å². The Morgan fingerprint density at radius 2 is 1.83 bits per heavy atom. The van der Waals surface area contributed by atoms with Gasteiger partial charge in [0.15, 0.2) is 5.78 Å². The third kappa shape index (κ3) is 4.22. The van der Waals surface area contributed by atoms with Crippen LogP contribution in [0.4, 0.5) is 4.79 Å². The molecule has 1 heterocycles. The lowest BCUT2D eigenvalue weighted by atomic mass is 9.84. The number of amides is 2. The molecule has 130 valence electrons. The molecule has 1 saturated heterocycles. The Morgan fingerprint density at radius 3 is 2.42 bits per heavy atom. The van der Waals surface area contributed by atoms with Crippen LogP contribution in [0, 0.1) is 5.92 Å². The molecule has 2 rings (SSSR count). The average Bonchev–Trinajstić information content (AvgIpc) is 2.53. The average molecular weight is 331 g/mol. The maximum Gasteiger partial charge on any atom is 0.417 e. The fourth-order valence-electron chi connectivity index (χ4n) is 2.85. The van der Waals surface area contributed by atoms with E-state index in [1.807, 2.05) is 30.3 Å². The number of likely N-dealkylation sites (tertiary alicyclic amines) is 1. The zero-order chi connectivity index (χ0) is 17.9. The van der Waals surface area contributed by atoms with Gasteiger partial charge in [0, 0.05) is 12.5 Å². The first-order chi connectivity index (χ1) is 11.2. The molecule has 24 heavy (non-hydrogen) atoms. The van der Waals surface area contributed by atoms with Crippen LogP contribution in [0.25, 0.3) is 0 Å². The normalized spacial score (nSPS) is 19.8. The Bertz CT molecular complexity index is 618. The van der Waals surface area contributed by atoms with Gasteiger partial charge in [0.05, 0.1) is 5.92 Å². The van der Waals surface area contributed by atoms with Gasteiger partial charge < -0.3 is 4.74 Å². The summed E-state index contributed by atoms with van der Waals surface area (Å²) < 4.78 is 5.28. The Morgan fingerprint density at radius 1 is 1.21 bits per heavy atom. The molecule has 1 fully saturated rings. The predicted molar refractivity (Wildman–Crippen MR) is 90.5 cm³/mol. The van der Waals surface area contributed by atoms with Crippen molar-refractivity contribution in [3.05, 3.63) is 35.9 Å². The van der Waals surface area contributed by atoms with Crippen molar-refractivity contribution >= 4 is 17.8 Å². The van der Waals surface area contributed by atoms with E-state index in [2.05, 4.69) is 0 Å². The van der Waals surface area contributed by atoms with Crippen LogP contribution in [0.5, 0.6) is 0 Å². The highest BCUT2D eigenvalue weighted by molar-refractivity contribution is 6.08. The maximum atomic E-state index is 12.8. The molecule has 1 aliphatic heterocycles. The summed E-state index contributed by atoms with van der Waals surface area (Å²) in [6, 6.07) is 9.38. The van der Waals surface area contributed by atoms with Crippen LogP contribution < -0.4 is 0 Å². The third-order valence-electron chi connectivity index (χ3n) is 4.12. The van der Waals surface area contributed by atoms with Gasteiger partial charge in [-0.1, -0.05) is 37.3 Å². The summed E-state index contributed by atoms with van der Waals surface area (Å²) in [5.41, 5.74) is 0.204. The lowest BCUT2D eigenvalue weighted by Crippen LogP contribution is -2.49. The SMILES string of the molecule is CC(C(=O)C1CCCN(C(=O)OC(C)(C)C)C1=O)c1ccccc1. The first kappa shape index (κ1) is 18.2. The number of Topliss-reactive ketones (excluding diaryl/α,β-unsaturated/α-hetero) is 1. The molecular weight excluding hydrogens is 306 g/mol. The highest BCUT2D eigenvalue weighted by atomic mass is 16.6. The molecule has 5 nitrogen and oxygen atoms in total.